The molecule has 0 amide bonds. The van der Waals surface area contributed by atoms with Crippen molar-refractivity contribution in [2.24, 2.45) is 0 Å². The number of rotatable bonds is 0. The molecule has 0 unspecified atom stereocenters. The number of nitrogens with zero attached hydrogens (tertiary/aromatic N) is 1. The molecule has 0 fully saturated rings. The van der Waals surface area contributed by atoms with Gasteiger partial charge in [-0.25, -0.2) is 0 Å². The zero-order chi connectivity index (χ0) is 11.0. The lowest BCUT2D eigenvalue weighted by Crippen LogP contribution is -2.03. The summed E-state index contributed by atoms with van der Waals surface area (Å²) < 4.78 is 0. The molecular formula is C14H11NO. The molecule has 0 N–H and O–H groups in total. The fraction of sp³-hybridized carbons (Fsp3) is 0.143. The number of pyridine rings is 1. The maximum Gasteiger partial charge on any atom is 0.193 e. The van der Waals surface area contributed by atoms with Crippen LogP contribution in [0.25, 0.3) is 0 Å². The highest BCUT2D eigenvalue weighted by Crippen LogP contribution is 2.23. The van der Waals surface area contributed by atoms with Crippen LogP contribution in [-0.4, -0.2) is 10.8 Å². The van der Waals surface area contributed by atoms with Gasteiger partial charge in [-0.05, 0) is 30.0 Å². The van der Waals surface area contributed by atoms with E-state index in [4.69, 9.17) is 0 Å². The predicted octanol–water partition coefficient (Wildman–Crippen LogP) is 2.41. The maximum atomic E-state index is 12.3. The SMILES string of the molecule is O=C1c2ccccc2CCc2cnccc21. The summed E-state index contributed by atoms with van der Waals surface area (Å²) >= 11 is 0. The third kappa shape index (κ3) is 1.34. The Balaban J connectivity index is 2.22. The Kier molecular flexibility index (Phi) is 2.07. The number of carbonyl (C=O) groups excluding carboxylic acids is 1. The van der Waals surface area contributed by atoms with Crippen molar-refractivity contribution in [3.05, 3.63) is 65.0 Å². The van der Waals surface area contributed by atoms with Crippen LogP contribution in [0.15, 0.2) is 42.7 Å². The molecule has 1 aromatic carbocycles. The third-order valence-corrected chi connectivity index (χ3v) is 3.07. The van der Waals surface area contributed by atoms with Gasteiger partial charge in [0.2, 0.25) is 0 Å². The Morgan fingerprint density at radius 1 is 0.938 bits per heavy atom. The molecule has 1 aliphatic rings. The average Bonchev–Trinajstić information content (AvgIpc) is 2.49. The standard InChI is InChI=1S/C14H11NO/c16-14-12-4-2-1-3-10(12)5-6-11-9-15-8-7-13(11)14/h1-4,7-9H,5-6H2. The number of hydrogen-bond donors (Lipinski definition) is 0. The molecule has 1 aliphatic carbocycles. The number of aromatic nitrogens is 1. The van der Waals surface area contributed by atoms with Gasteiger partial charge in [-0.2, -0.15) is 0 Å². The summed E-state index contributed by atoms with van der Waals surface area (Å²) in [6.45, 7) is 0. The van der Waals surface area contributed by atoms with Gasteiger partial charge >= 0.3 is 0 Å². The Morgan fingerprint density at radius 2 is 1.69 bits per heavy atom. The second kappa shape index (κ2) is 3.56. The smallest absolute Gasteiger partial charge is 0.193 e. The average molecular weight is 209 g/mol. The zero-order valence-corrected chi connectivity index (χ0v) is 8.81. The lowest BCUT2D eigenvalue weighted by Gasteiger charge is -2.03. The lowest BCUT2D eigenvalue weighted by molar-refractivity contribution is 0.103. The zero-order valence-electron chi connectivity index (χ0n) is 8.81. The van der Waals surface area contributed by atoms with Crippen molar-refractivity contribution in [2.45, 2.75) is 12.8 Å². The molecule has 0 saturated heterocycles. The Bertz CT molecular complexity index is 511. The van der Waals surface area contributed by atoms with E-state index < -0.39 is 0 Å². The van der Waals surface area contributed by atoms with Crippen molar-refractivity contribution in [3.8, 4) is 0 Å². The van der Waals surface area contributed by atoms with Crippen LogP contribution in [0.3, 0.4) is 0 Å². The molecule has 1 aromatic heterocycles. The number of aryl methyl sites for hydroxylation is 2. The lowest BCUT2D eigenvalue weighted by atomic mass is 10.0. The van der Waals surface area contributed by atoms with Gasteiger partial charge in [-0.3, -0.25) is 9.78 Å². The van der Waals surface area contributed by atoms with Gasteiger partial charge in [0.1, 0.15) is 0 Å². The number of hydrogen-bond acceptors (Lipinski definition) is 2. The molecule has 0 atom stereocenters. The van der Waals surface area contributed by atoms with Crippen LogP contribution in [0.1, 0.15) is 27.0 Å². The van der Waals surface area contributed by atoms with Gasteiger partial charge in [-0.15, -0.1) is 0 Å². The van der Waals surface area contributed by atoms with Crippen molar-refractivity contribution >= 4 is 5.78 Å². The van der Waals surface area contributed by atoms with Gasteiger partial charge in [0.25, 0.3) is 0 Å². The van der Waals surface area contributed by atoms with Crippen LogP contribution in [0.5, 0.6) is 0 Å². The summed E-state index contributed by atoms with van der Waals surface area (Å²) in [5.74, 6) is 0.130. The number of ketones is 1. The Morgan fingerprint density at radius 3 is 2.62 bits per heavy atom. The van der Waals surface area contributed by atoms with Gasteiger partial charge in [0, 0.05) is 23.5 Å². The first-order valence-electron chi connectivity index (χ1n) is 5.42. The fourth-order valence-electron chi connectivity index (χ4n) is 2.22. The molecule has 2 aromatic rings. The molecule has 3 rings (SSSR count). The van der Waals surface area contributed by atoms with E-state index in [1.165, 1.54) is 0 Å². The van der Waals surface area contributed by atoms with Crippen molar-refractivity contribution in [3.63, 3.8) is 0 Å². The van der Waals surface area contributed by atoms with E-state index in [1.54, 1.807) is 12.4 Å². The molecule has 0 radical (unpaired) electrons. The molecule has 78 valence electrons. The van der Waals surface area contributed by atoms with E-state index >= 15 is 0 Å². The van der Waals surface area contributed by atoms with Crippen LogP contribution in [-0.2, 0) is 12.8 Å². The topological polar surface area (TPSA) is 30.0 Å². The fourth-order valence-corrected chi connectivity index (χ4v) is 2.22. The number of fused-ring (bicyclic) bond motifs is 2. The van der Waals surface area contributed by atoms with Gasteiger partial charge in [0.05, 0.1) is 0 Å². The number of carbonyl (C=O) groups is 1. The van der Waals surface area contributed by atoms with Crippen LogP contribution in [0.2, 0.25) is 0 Å². The molecule has 16 heavy (non-hydrogen) atoms. The molecule has 2 heteroatoms. The first-order chi connectivity index (χ1) is 7.86. The highest BCUT2D eigenvalue weighted by atomic mass is 16.1. The molecule has 0 aliphatic heterocycles. The second-order valence-corrected chi connectivity index (χ2v) is 4.02. The summed E-state index contributed by atoms with van der Waals surface area (Å²) in [6, 6.07) is 9.67. The summed E-state index contributed by atoms with van der Waals surface area (Å²) in [5, 5.41) is 0. The minimum atomic E-state index is 0.130. The largest absolute Gasteiger partial charge is 0.289 e. The van der Waals surface area contributed by atoms with E-state index in [0.29, 0.717) is 0 Å². The first-order valence-corrected chi connectivity index (χ1v) is 5.42. The highest BCUT2D eigenvalue weighted by molar-refractivity contribution is 6.11. The van der Waals surface area contributed by atoms with Gasteiger partial charge < -0.3 is 0 Å². The highest BCUT2D eigenvalue weighted by Gasteiger charge is 2.20. The molecular weight excluding hydrogens is 198 g/mol. The van der Waals surface area contributed by atoms with Crippen LogP contribution >= 0.6 is 0 Å². The molecule has 0 saturated carbocycles. The van der Waals surface area contributed by atoms with E-state index in [0.717, 1.165) is 35.1 Å². The number of benzene rings is 1. The van der Waals surface area contributed by atoms with E-state index in [-0.39, 0.29) is 5.78 Å². The first kappa shape index (κ1) is 9.28. The van der Waals surface area contributed by atoms with Crippen molar-refractivity contribution in [2.75, 3.05) is 0 Å². The Labute approximate surface area is 94.0 Å². The van der Waals surface area contributed by atoms with Crippen LogP contribution in [0, 0.1) is 0 Å². The quantitative estimate of drug-likeness (QED) is 0.667. The van der Waals surface area contributed by atoms with E-state index in [2.05, 4.69) is 4.98 Å². The summed E-state index contributed by atoms with van der Waals surface area (Å²) in [5.41, 5.74) is 3.85. The normalized spacial score (nSPS) is 13.9. The van der Waals surface area contributed by atoms with Gasteiger partial charge in [0.15, 0.2) is 5.78 Å². The molecule has 0 bridgehead atoms. The minimum Gasteiger partial charge on any atom is -0.289 e. The van der Waals surface area contributed by atoms with Crippen LogP contribution < -0.4 is 0 Å². The second-order valence-electron chi connectivity index (χ2n) is 4.02. The van der Waals surface area contributed by atoms with E-state index in [9.17, 15) is 4.79 Å². The van der Waals surface area contributed by atoms with Crippen molar-refractivity contribution in [1.82, 2.24) is 4.98 Å². The van der Waals surface area contributed by atoms with Crippen molar-refractivity contribution in [1.29, 1.82) is 0 Å². The van der Waals surface area contributed by atoms with Gasteiger partial charge in [-0.1, -0.05) is 24.3 Å². The van der Waals surface area contributed by atoms with E-state index in [1.807, 2.05) is 30.3 Å². The van der Waals surface area contributed by atoms with Crippen molar-refractivity contribution < 1.29 is 4.79 Å². The summed E-state index contributed by atoms with van der Waals surface area (Å²) in [6.07, 6.45) is 5.30. The monoisotopic (exact) mass is 209 g/mol. The summed E-state index contributed by atoms with van der Waals surface area (Å²) in [4.78, 5) is 16.4. The third-order valence-electron chi connectivity index (χ3n) is 3.07. The Hall–Kier alpha value is -1.96. The molecule has 0 spiro atoms. The predicted molar refractivity (Wildman–Crippen MR) is 61.5 cm³/mol. The van der Waals surface area contributed by atoms with Crippen LogP contribution in [0.4, 0.5) is 0 Å². The maximum absolute atomic E-state index is 12.3. The molecule has 2 nitrogen and oxygen atoms in total. The minimum absolute atomic E-state index is 0.130. The summed E-state index contributed by atoms with van der Waals surface area (Å²) in [7, 11) is 0. The molecule has 1 heterocycles.